The Kier molecular flexibility index (Phi) is 2.56. The van der Waals surface area contributed by atoms with Crippen molar-refractivity contribution in [2.75, 3.05) is 6.54 Å². The second-order valence-electron chi connectivity index (χ2n) is 2.46. The highest BCUT2D eigenvalue weighted by Crippen LogP contribution is 2.05. The minimum Gasteiger partial charge on any atom is -0.329 e. The summed E-state index contributed by atoms with van der Waals surface area (Å²) in [5.41, 5.74) is 11.9. The third kappa shape index (κ3) is 1.75. The Morgan fingerprint density at radius 2 is 2.45 bits per heavy atom. The van der Waals surface area contributed by atoms with Crippen LogP contribution < -0.4 is 11.5 Å². The van der Waals surface area contributed by atoms with E-state index in [0.717, 1.165) is 5.69 Å². The van der Waals surface area contributed by atoms with Crippen molar-refractivity contribution in [3.8, 4) is 0 Å². The van der Waals surface area contributed by atoms with Crippen LogP contribution in [0.25, 0.3) is 0 Å². The highest BCUT2D eigenvalue weighted by atomic mass is 15.4. The number of hydrogen-bond acceptors (Lipinski definition) is 4. The average molecular weight is 155 g/mol. The first kappa shape index (κ1) is 8.16. The van der Waals surface area contributed by atoms with Gasteiger partial charge in [-0.05, 0) is 6.92 Å². The van der Waals surface area contributed by atoms with Crippen molar-refractivity contribution in [2.45, 2.75) is 19.5 Å². The molecule has 1 heterocycles. The van der Waals surface area contributed by atoms with Gasteiger partial charge in [-0.1, -0.05) is 5.21 Å². The predicted molar refractivity (Wildman–Crippen MR) is 41.7 cm³/mol. The smallest absolute Gasteiger partial charge is 0.0752 e. The zero-order chi connectivity index (χ0) is 8.27. The number of aromatic nitrogens is 3. The first-order valence-electron chi connectivity index (χ1n) is 3.59. The van der Waals surface area contributed by atoms with Gasteiger partial charge in [-0.3, -0.25) is 0 Å². The SMILES string of the molecule is CC(N)c1cnnn1CCN. The Bertz CT molecular complexity index is 217. The lowest BCUT2D eigenvalue weighted by molar-refractivity contribution is 0.552. The van der Waals surface area contributed by atoms with Gasteiger partial charge in [0.05, 0.1) is 18.4 Å². The van der Waals surface area contributed by atoms with E-state index in [1.165, 1.54) is 0 Å². The molecule has 4 N–H and O–H groups in total. The van der Waals surface area contributed by atoms with Crippen LogP contribution in [0.4, 0.5) is 0 Å². The van der Waals surface area contributed by atoms with Gasteiger partial charge in [-0.25, -0.2) is 4.68 Å². The van der Waals surface area contributed by atoms with Gasteiger partial charge in [0.25, 0.3) is 0 Å². The number of nitrogens with zero attached hydrogens (tertiary/aromatic N) is 3. The summed E-state index contributed by atoms with van der Waals surface area (Å²) in [5, 5.41) is 7.57. The Hall–Kier alpha value is -0.940. The molecule has 1 aromatic heterocycles. The van der Waals surface area contributed by atoms with E-state index in [2.05, 4.69) is 10.3 Å². The summed E-state index contributed by atoms with van der Waals surface area (Å²) >= 11 is 0. The maximum Gasteiger partial charge on any atom is 0.0752 e. The number of rotatable bonds is 3. The molecule has 0 saturated carbocycles. The molecule has 0 amide bonds. The van der Waals surface area contributed by atoms with Gasteiger partial charge < -0.3 is 11.5 Å². The first-order valence-corrected chi connectivity index (χ1v) is 3.59. The molecule has 1 aromatic rings. The van der Waals surface area contributed by atoms with E-state index >= 15 is 0 Å². The fourth-order valence-corrected chi connectivity index (χ4v) is 0.914. The van der Waals surface area contributed by atoms with Crippen molar-refractivity contribution < 1.29 is 0 Å². The molecule has 0 radical (unpaired) electrons. The van der Waals surface area contributed by atoms with Crippen LogP contribution in [0.3, 0.4) is 0 Å². The van der Waals surface area contributed by atoms with E-state index in [4.69, 9.17) is 11.5 Å². The molecule has 11 heavy (non-hydrogen) atoms. The molecular formula is C6H13N5. The largest absolute Gasteiger partial charge is 0.329 e. The van der Waals surface area contributed by atoms with E-state index in [1.807, 2.05) is 6.92 Å². The fourth-order valence-electron chi connectivity index (χ4n) is 0.914. The number of nitrogens with two attached hydrogens (primary N) is 2. The maximum absolute atomic E-state index is 5.65. The summed E-state index contributed by atoms with van der Waals surface area (Å²) in [6.07, 6.45) is 1.67. The molecule has 62 valence electrons. The van der Waals surface area contributed by atoms with E-state index in [-0.39, 0.29) is 6.04 Å². The lowest BCUT2D eigenvalue weighted by Crippen LogP contribution is -2.17. The van der Waals surface area contributed by atoms with Gasteiger partial charge in [0.2, 0.25) is 0 Å². The van der Waals surface area contributed by atoms with E-state index in [0.29, 0.717) is 13.1 Å². The van der Waals surface area contributed by atoms with Gasteiger partial charge in [-0.2, -0.15) is 0 Å². The highest BCUT2D eigenvalue weighted by Gasteiger charge is 2.06. The van der Waals surface area contributed by atoms with Crippen LogP contribution >= 0.6 is 0 Å². The zero-order valence-electron chi connectivity index (χ0n) is 6.57. The Labute approximate surface area is 65.4 Å². The van der Waals surface area contributed by atoms with Crippen LogP contribution in [0.5, 0.6) is 0 Å². The molecule has 1 unspecified atom stereocenters. The molecule has 1 rings (SSSR count). The fraction of sp³-hybridized carbons (Fsp3) is 0.667. The molecule has 5 heteroatoms. The monoisotopic (exact) mass is 155 g/mol. The molecule has 0 bridgehead atoms. The van der Waals surface area contributed by atoms with Gasteiger partial charge in [0.15, 0.2) is 0 Å². The second kappa shape index (κ2) is 3.45. The minimum atomic E-state index is -0.0310. The van der Waals surface area contributed by atoms with Crippen molar-refractivity contribution >= 4 is 0 Å². The molecule has 0 spiro atoms. The molecule has 1 atom stereocenters. The molecule has 0 aliphatic heterocycles. The summed E-state index contributed by atoms with van der Waals surface area (Å²) in [6.45, 7) is 3.13. The minimum absolute atomic E-state index is 0.0310. The van der Waals surface area contributed by atoms with Gasteiger partial charge >= 0.3 is 0 Å². The summed E-state index contributed by atoms with van der Waals surface area (Å²) in [6, 6.07) is -0.0310. The van der Waals surface area contributed by atoms with Crippen LogP contribution in [0.2, 0.25) is 0 Å². The molecule has 0 fully saturated rings. The van der Waals surface area contributed by atoms with E-state index in [9.17, 15) is 0 Å². The lowest BCUT2D eigenvalue weighted by atomic mass is 10.3. The molecule has 5 nitrogen and oxygen atoms in total. The summed E-state index contributed by atoms with van der Waals surface area (Å²) in [5.74, 6) is 0. The standard InChI is InChI=1S/C6H13N5/c1-5(8)6-4-9-10-11(6)3-2-7/h4-5H,2-3,7-8H2,1H3. The highest BCUT2D eigenvalue weighted by molar-refractivity contribution is 4.99. The summed E-state index contributed by atoms with van der Waals surface area (Å²) in [7, 11) is 0. The van der Waals surface area contributed by atoms with Crippen LogP contribution in [-0.4, -0.2) is 21.5 Å². The van der Waals surface area contributed by atoms with Crippen LogP contribution in [0, 0.1) is 0 Å². The quantitative estimate of drug-likeness (QED) is 0.602. The average Bonchev–Trinajstić information content (AvgIpc) is 2.36. The Morgan fingerprint density at radius 3 is 3.00 bits per heavy atom. The first-order chi connectivity index (χ1) is 5.25. The zero-order valence-corrected chi connectivity index (χ0v) is 6.57. The van der Waals surface area contributed by atoms with E-state index in [1.54, 1.807) is 10.9 Å². The van der Waals surface area contributed by atoms with Crippen LogP contribution in [0.1, 0.15) is 18.7 Å². The van der Waals surface area contributed by atoms with Gasteiger partial charge in [0, 0.05) is 12.6 Å². The normalized spacial score (nSPS) is 13.4. The van der Waals surface area contributed by atoms with Crippen LogP contribution in [0.15, 0.2) is 6.20 Å². The Balaban J connectivity index is 2.78. The van der Waals surface area contributed by atoms with Gasteiger partial charge in [-0.15, -0.1) is 5.10 Å². The topological polar surface area (TPSA) is 82.8 Å². The van der Waals surface area contributed by atoms with Crippen molar-refractivity contribution in [3.05, 3.63) is 11.9 Å². The van der Waals surface area contributed by atoms with Crippen LogP contribution in [-0.2, 0) is 6.54 Å². The lowest BCUT2D eigenvalue weighted by Gasteiger charge is -2.06. The maximum atomic E-state index is 5.65. The van der Waals surface area contributed by atoms with E-state index < -0.39 is 0 Å². The third-order valence-electron chi connectivity index (χ3n) is 1.46. The Morgan fingerprint density at radius 1 is 1.73 bits per heavy atom. The summed E-state index contributed by atoms with van der Waals surface area (Å²) < 4.78 is 1.73. The molecule has 0 aliphatic carbocycles. The molecule has 0 saturated heterocycles. The van der Waals surface area contributed by atoms with Crippen molar-refractivity contribution in [1.29, 1.82) is 0 Å². The predicted octanol–water partition coefficient (Wildman–Crippen LogP) is -0.743. The molecule has 0 aromatic carbocycles. The number of hydrogen-bond donors (Lipinski definition) is 2. The second-order valence-corrected chi connectivity index (χ2v) is 2.46. The van der Waals surface area contributed by atoms with Gasteiger partial charge in [0.1, 0.15) is 0 Å². The van der Waals surface area contributed by atoms with Crippen molar-refractivity contribution in [1.82, 2.24) is 15.0 Å². The molecule has 0 aliphatic rings. The summed E-state index contributed by atoms with van der Waals surface area (Å²) in [4.78, 5) is 0. The van der Waals surface area contributed by atoms with Crippen molar-refractivity contribution in [3.63, 3.8) is 0 Å². The molecular weight excluding hydrogens is 142 g/mol. The third-order valence-corrected chi connectivity index (χ3v) is 1.46. The van der Waals surface area contributed by atoms with Crippen molar-refractivity contribution in [2.24, 2.45) is 11.5 Å².